The zero-order valence-electron chi connectivity index (χ0n) is 13.3. The molecule has 1 amide bonds. The lowest BCUT2D eigenvalue weighted by atomic mass is 10.2. The van der Waals surface area contributed by atoms with Crippen LogP contribution in [-0.2, 0) is 0 Å². The number of halogens is 2. The Morgan fingerprint density at radius 1 is 1.39 bits per heavy atom. The SMILES string of the molecule is CC(C)c1nc(C(=O)N[C@@H](C)CN)nn1-c1cccc(F)c1.Cl. The Hall–Kier alpha value is -1.99. The molecule has 126 valence electrons. The number of hydrogen-bond acceptors (Lipinski definition) is 4. The number of benzene rings is 1. The molecule has 0 aliphatic heterocycles. The van der Waals surface area contributed by atoms with Crippen LogP contribution in [0.2, 0.25) is 0 Å². The lowest BCUT2D eigenvalue weighted by Crippen LogP contribution is -2.38. The molecule has 23 heavy (non-hydrogen) atoms. The van der Waals surface area contributed by atoms with E-state index in [2.05, 4.69) is 15.4 Å². The summed E-state index contributed by atoms with van der Waals surface area (Å²) in [7, 11) is 0. The first kappa shape index (κ1) is 19.1. The molecule has 0 unspecified atom stereocenters. The summed E-state index contributed by atoms with van der Waals surface area (Å²) < 4.78 is 14.9. The van der Waals surface area contributed by atoms with Crippen molar-refractivity contribution < 1.29 is 9.18 Å². The van der Waals surface area contributed by atoms with Gasteiger partial charge in [0.1, 0.15) is 11.6 Å². The van der Waals surface area contributed by atoms with E-state index in [4.69, 9.17) is 5.73 Å². The summed E-state index contributed by atoms with van der Waals surface area (Å²) >= 11 is 0. The van der Waals surface area contributed by atoms with Gasteiger partial charge in [-0.3, -0.25) is 4.79 Å². The van der Waals surface area contributed by atoms with Crippen LogP contribution in [0.1, 0.15) is 43.1 Å². The number of aromatic nitrogens is 3. The molecule has 2 rings (SSSR count). The number of hydrogen-bond donors (Lipinski definition) is 2. The summed E-state index contributed by atoms with van der Waals surface area (Å²) in [5, 5.41) is 6.93. The van der Waals surface area contributed by atoms with Gasteiger partial charge in [-0.05, 0) is 25.1 Å². The van der Waals surface area contributed by atoms with Gasteiger partial charge in [0, 0.05) is 18.5 Å². The number of nitrogens with one attached hydrogen (secondary N) is 1. The molecule has 0 saturated heterocycles. The van der Waals surface area contributed by atoms with Crippen molar-refractivity contribution >= 4 is 18.3 Å². The van der Waals surface area contributed by atoms with Gasteiger partial charge >= 0.3 is 0 Å². The third kappa shape index (κ3) is 4.49. The summed E-state index contributed by atoms with van der Waals surface area (Å²) in [5.41, 5.74) is 6.02. The van der Waals surface area contributed by atoms with Crippen LogP contribution in [0.5, 0.6) is 0 Å². The molecule has 1 atom stereocenters. The van der Waals surface area contributed by atoms with Crippen molar-refractivity contribution in [1.82, 2.24) is 20.1 Å². The van der Waals surface area contributed by atoms with E-state index in [1.54, 1.807) is 19.1 Å². The van der Waals surface area contributed by atoms with E-state index in [0.29, 0.717) is 18.1 Å². The second-order valence-corrected chi connectivity index (χ2v) is 5.45. The van der Waals surface area contributed by atoms with Crippen molar-refractivity contribution in [2.75, 3.05) is 6.54 Å². The molecule has 6 nitrogen and oxygen atoms in total. The zero-order chi connectivity index (χ0) is 16.3. The van der Waals surface area contributed by atoms with Crippen LogP contribution in [0.25, 0.3) is 5.69 Å². The van der Waals surface area contributed by atoms with Crippen LogP contribution in [0.4, 0.5) is 4.39 Å². The van der Waals surface area contributed by atoms with E-state index in [9.17, 15) is 9.18 Å². The van der Waals surface area contributed by atoms with Gasteiger partial charge in [0.2, 0.25) is 5.82 Å². The molecular weight excluding hydrogens is 321 g/mol. The average Bonchev–Trinajstić information content (AvgIpc) is 2.92. The summed E-state index contributed by atoms with van der Waals surface area (Å²) in [6.45, 7) is 5.99. The molecule has 0 fully saturated rings. The minimum Gasteiger partial charge on any atom is -0.346 e. The van der Waals surface area contributed by atoms with Gasteiger partial charge in [0.25, 0.3) is 5.91 Å². The monoisotopic (exact) mass is 341 g/mol. The maximum absolute atomic E-state index is 13.4. The van der Waals surface area contributed by atoms with Crippen molar-refractivity contribution in [3.8, 4) is 5.69 Å². The Bertz CT molecular complexity index is 674. The Labute approximate surface area is 140 Å². The van der Waals surface area contributed by atoms with E-state index in [-0.39, 0.29) is 36.0 Å². The topological polar surface area (TPSA) is 85.8 Å². The molecule has 0 aliphatic rings. The predicted molar refractivity (Wildman–Crippen MR) is 88.6 cm³/mol. The second kappa shape index (κ2) is 8.03. The molecule has 3 N–H and O–H groups in total. The molecule has 0 bridgehead atoms. The molecule has 2 aromatic rings. The van der Waals surface area contributed by atoms with Crippen LogP contribution in [0.15, 0.2) is 24.3 Å². The fraction of sp³-hybridized carbons (Fsp3) is 0.400. The highest BCUT2D eigenvalue weighted by Gasteiger charge is 2.20. The van der Waals surface area contributed by atoms with Crippen LogP contribution in [0, 0.1) is 5.82 Å². The molecule has 1 aromatic carbocycles. The van der Waals surface area contributed by atoms with Crippen LogP contribution < -0.4 is 11.1 Å². The molecule has 0 saturated carbocycles. The largest absolute Gasteiger partial charge is 0.346 e. The van der Waals surface area contributed by atoms with Gasteiger partial charge in [-0.1, -0.05) is 19.9 Å². The van der Waals surface area contributed by atoms with Crippen LogP contribution in [-0.4, -0.2) is 33.3 Å². The van der Waals surface area contributed by atoms with Crippen molar-refractivity contribution in [2.24, 2.45) is 5.73 Å². The fourth-order valence-electron chi connectivity index (χ4n) is 1.94. The summed E-state index contributed by atoms with van der Waals surface area (Å²) in [6.07, 6.45) is 0. The van der Waals surface area contributed by atoms with Gasteiger partial charge < -0.3 is 11.1 Å². The van der Waals surface area contributed by atoms with Crippen molar-refractivity contribution in [3.63, 3.8) is 0 Å². The smallest absolute Gasteiger partial charge is 0.291 e. The van der Waals surface area contributed by atoms with E-state index >= 15 is 0 Å². The predicted octanol–water partition coefficient (Wildman–Crippen LogP) is 2.03. The third-order valence-corrected chi connectivity index (χ3v) is 3.14. The molecular formula is C15H21ClFN5O. The standard InChI is InChI=1S/C15H20FN5O.ClH/c1-9(2)14-19-13(15(22)18-10(3)8-17)20-21(14)12-6-4-5-11(16)7-12;/h4-7,9-10H,8,17H2,1-3H3,(H,18,22);1H/t10-;/m0./s1. The number of nitrogens with two attached hydrogens (primary N) is 1. The average molecular weight is 342 g/mol. The van der Waals surface area contributed by atoms with Crippen molar-refractivity contribution in [2.45, 2.75) is 32.7 Å². The Morgan fingerprint density at radius 3 is 2.65 bits per heavy atom. The number of carbonyl (C=O) groups excluding carboxylic acids is 1. The Kier molecular flexibility index (Phi) is 6.65. The van der Waals surface area contributed by atoms with Crippen LogP contribution >= 0.6 is 12.4 Å². The highest BCUT2D eigenvalue weighted by atomic mass is 35.5. The van der Waals surface area contributed by atoms with Gasteiger partial charge in [0.05, 0.1) is 5.69 Å². The second-order valence-electron chi connectivity index (χ2n) is 5.45. The van der Waals surface area contributed by atoms with Gasteiger partial charge in [-0.25, -0.2) is 14.1 Å². The summed E-state index contributed by atoms with van der Waals surface area (Å²) in [6, 6.07) is 5.84. The number of carbonyl (C=O) groups is 1. The maximum Gasteiger partial charge on any atom is 0.291 e. The normalized spacial score (nSPS) is 11.9. The van der Waals surface area contributed by atoms with Gasteiger partial charge in [-0.15, -0.1) is 17.5 Å². The maximum atomic E-state index is 13.4. The Balaban J connectivity index is 0.00000264. The molecule has 1 aromatic heterocycles. The van der Waals surface area contributed by atoms with E-state index < -0.39 is 5.91 Å². The number of nitrogens with zero attached hydrogens (tertiary/aromatic N) is 3. The summed E-state index contributed by atoms with van der Waals surface area (Å²) in [4.78, 5) is 16.4. The third-order valence-electron chi connectivity index (χ3n) is 3.14. The molecule has 8 heteroatoms. The minimum absolute atomic E-state index is 0. The molecule has 1 heterocycles. The quantitative estimate of drug-likeness (QED) is 0.871. The van der Waals surface area contributed by atoms with E-state index in [0.717, 1.165) is 0 Å². The van der Waals surface area contributed by atoms with E-state index in [1.807, 2.05) is 13.8 Å². The lowest BCUT2D eigenvalue weighted by Gasteiger charge is -2.08. The van der Waals surface area contributed by atoms with Crippen LogP contribution in [0.3, 0.4) is 0 Å². The Morgan fingerprint density at radius 2 is 2.09 bits per heavy atom. The minimum atomic E-state index is -0.394. The van der Waals surface area contributed by atoms with Gasteiger partial charge in [-0.2, -0.15) is 0 Å². The van der Waals surface area contributed by atoms with Gasteiger partial charge in [0.15, 0.2) is 0 Å². The number of amides is 1. The fourth-order valence-corrected chi connectivity index (χ4v) is 1.94. The van der Waals surface area contributed by atoms with Crippen molar-refractivity contribution in [1.29, 1.82) is 0 Å². The highest BCUT2D eigenvalue weighted by molar-refractivity contribution is 5.90. The first-order valence-electron chi connectivity index (χ1n) is 7.16. The molecule has 0 aliphatic carbocycles. The van der Waals surface area contributed by atoms with Crippen molar-refractivity contribution in [3.05, 3.63) is 41.7 Å². The highest BCUT2D eigenvalue weighted by Crippen LogP contribution is 2.18. The lowest BCUT2D eigenvalue weighted by molar-refractivity contribution is 0.0931. The zero-order valence-corrected chi connectivity index (χ0v) is 14.1. The first-order chi connectivity index (χ1) is 10.4. The molecule has 0 spiro atoms. The van der Waals surface area contributed by atoms with E-state index in [1.165, 1.54) is 16.8 Å². The first-order valence-corrected chi connectivity index (χ1v) is 7.16. The summed E-state index contributed by atoms with van der Waals surface area (Å²) in [5.74, 6) is -0.0888. The molecule has 0 radical (unpaired) electrons. The number of rotatable bonds is 5.